The molecule has 0 saturated heterocycles. The van der Waals surface area contributed by atoms with Gasteiger partial charge in [0, 0.05) is 11.7 Å². The van der Waals surface area contributed by atoms with Crippen LogP contribution in [0.15, 0.2) is 12.3 Å². The van der Waals surface area contributed by atoms with Crippen LogP contribution >= 0.6 is 0 Å². The van der Waals surface area contributed by atoms with Gasteiger partial charge in [-0.2, -0.15) is 0 Å². The molecule has 2 heterocycles. The summed E-state index contributed by atoms with van der Waals surface area (Å²) in [5.74, 6) is 0.567. The molecule has 4 heteroatoms. The molecule has 17 heavy (non-hydrogen) atoms. The molecule has 0 saturated carbocycles. The molecule has 0 aromatic carbocycles. The average Bonchev–Trinajstić information content (AvgIpc) is 2.37. The van der Waals surface area contributed by atoms with E-state index in [0.717, 1.165) is 30.6 Å². The first kappa shape index (κ1) is 11.9. The van der Waals surface area contributed by atoms with E-state index in [0.29, 0.717) is 5.56 Å². The summed E-state index contributed by atoms with van der Waals surface area (Å²) in [6.45, 7) is 4.37. The number of anilines is 1. The Morgan fingerprint density at radius 1 is 1.65 bits per heavy atom. The number of methoxy groups -OCH3 is 1. The lowest BCUT2D eigenvalue weighted by Crippen LogP contribution is -2.38. The zero-order valence-electron chi connectivity index (χ0n) is 10.5. The molecule has 4 nitrogen and oxygen atoms in total. The number of nitrogens with zero attached hydrogens (tertiary/aromatic N) is 1. The highest BCUT2D eigenvalue weighted by molar-refractivity contribution is 5.89. The number of nitrogens with one attached hydrogen (secondary N) is 1. The lowest BCUT2D eigenvalue weighted by Gasteiger charge is -2.35. The molecule has 1 aliphatic rings. The first-order chi connectivity index (χ1) is 8.08. The molecule has 0 amide bonds. The third-order valence-electron chi connectivity index (χ3n) is 3.53. The molecule has 0 aliphatic carbocycles. The van der Waals surface area contributed by atoms with Gasteiger partial charge in [-0.1, -0.05) is 6.92 Å². The SMILES string of the molecule is CCC1(C)CCc2cc(C(=O)OC)cnc2N1. The number of hydrogen-bond acceptors (Lipinski definition) is 4. The third kappa shape index (κ3) is 2.25. The second kappa shape index (κ2) is 4.35. The van der Waals surface area contributed by atoms with Gasteiger partial charge in [-0.3, -0.25) is 0 Å². The Morgan fingerprint density at radius 3 is 3.06 bits per heavy atom. The number of hydrogen-bond donors (Lipinski definition) is 1. The molecular weight excluding hydrogens is 216 g/mol. The maximum absolute atomic E-state index is 11.4. The predicted molar refractivity (Wildman–Crippen MR) is 66.2 cm³/mol. The van der Waals surface area contributed by atoms with Crippen LogP contribution in [0.25, 0.3) is 0 Å². The summed E-state index contributed by atoms with van der Waals surface area (Å²) in [6.07, 6.45) is 4.64. The zero-order valence-corrected chi connectivity index (χ0v) is 10.5. The number of esters is 1. The number of carbonyl (C=O) groups excluding carboxylic acids is 1. The third-order valence-corrected chi connectivity index (χ3v) is 3.53. The number of carbonyl (C=O) groups is 1. The topological polar surface area (TPSA) is 51.2 Å². The van der Waals surface area contributed by atoms with Crippen molar-refractivity contribution in [1.82, 2.24) is 4.98 Å². The number of rotatable bonds is 2. The van der Waals surface area contributed by atoms with Gasteiger partial charge in [0.15, 0.2) is 0 Å². The van der Waals surface area contributed by atoms with Crippen molar-refractivity contribution in [2.45, 2.75) is 38.6 Å². The molecule has 1 N–H and O–H groups in total. The predicted octanol–water partition coefficient (Wildman–Crippen LogP) is 2.39. The molecule has 0 spiro atoms. The number of ether oxygens (including phenoxy) is 1. The fraction of sp³-hybridized carbons (Fsp3) is 0.538. The van der Waals surface area contributed by atoms with Crippen LogP contribution in [0.5, 0.6) is 0 Å². The summed E-state index contributed by atoms with van der Waals surface area (Å²) in [6, 6.07) is 1.87. The molecule has 1 aromatic heterocycles. The zero-order chi connectivity index (χ0) is 12.5. The van der Waals surface area contributed by atoms with Crippen LogP contribution in [-0.2, 0) is 11.2 Å². The first-order valence-corrected chi connectivity index (χ1v) is 5.93. The van der Waals surface area contributed by atoms with Gasteiger partial charge < -0.3 is 10.1 Å². The van der Waals surface area contributed by atoms with Gasteiger partial charge in [-0.25, -0.2) is 9.78 Å². The molecule has 1 atom stereocenters. The van der Waals surface area contributed by atoms with Crippen LogP contribution in [0.4, 0.5) is 5.82 Å². The molecule has 1 unspecified atom stereocenters. The van der Waals surface area contributed by atoms with E-state index in [9.17, 15) is 4.79 Å². The lowest BCUT2D eigenvalue weighted by atomic mass is 9.87. The molecule has 0 radical (unpaired) electrons. The summed E-state index contributed by atoms with van der Waals surface area (Å²) < 4.78 is 4.69. The Morgan fingerprint density at radius 2 is 2.41 bits per heavy atom. The lowest BCUT2D eigenvalue weighted by molar-refractivity contribution is 0.0600. The van der Waals surface area contributed by atoms with E-state index >= 15 is 0 Å². The van der Waals surface area contributed by atoms with Crippen molar-refractivity contribution in [2.75, 3.05) is 12.4 Å². The molecular formula is C13H18N2O2. The standard InChI is InChI=1S/C13H18N2O2/c1-4-13(2)6-5-9-7-10(12(16)17-3)8-14-11(9)15-13/h7-8H,4-6H2,1-3H3,(H,14,15). The molecule has 2 rings (SSSR count). The Balaban J connectivity index is 2.29. The van der Waals surface area contributed by atoms with Crippen molar-refractivity contribution in [1.29, 1.82) is 0 Å². The fourth-order valence-corrected chi connectivity index (χ4v) is 2.07. The van der Waals surface area contributed by atoms with Gasteiger partial charge in [-0.15, -0.1) is 0 Å². The summed E-state index contributed by atoms with van der Waals surface area (Å²) in [4.78, 5) is 15.7. The monoisotopic (exact) mass is 234 g/mol. The van der Waals surface area contributed by atoms with Crippen molar-refractivity contribution in [3.05, 3.63) is 23.4 Å². The Labute approximate surface area is 101 Å². The van der Waals surface area contributed by atoms with Crippen LogP contribution in [-0.4, -0.2) is 23.6 Å². The van der Waals surface area contributed by atoms with E-state index in [2.05, 4.69) is 24.1 Å². The van der Waals surface area contributed by atoms with Crippen molar-refractivity contribution in [3.63, 3.8) is 0 Å². The summed E-state index contributed by atoms with van der Waals surface area (Å²) in [7, 11) is 1.38. The second-order valence-corrected chi connectivity index (χ2v) is 4.76. The summed E-state index contributed by atoms with van der Waals surface area (Å²) >= 11 is 0. The maximum Gasteiger partial charge on any atom is 0.339 e. The van der Waals surface area contributed by atoms with Gasteiger partial charge in [0.2, 0.25) is 0 Å². The van der Waals surface area contributed by atoms with Crippen molar-refractivity contribution >= 4 is 11.8 Å². The number of aromatic nitrogens is 1. The Bertz CT molecular complexity index is 445. The van der Waals surface area contributed by atoms with Crippen LogP contribution in [0, 0.1) is 0 Å². The maximum atomic E-state index is 11.4. The van der Waals surface area contributed by atoms with Crippen molar-refractivity contribution in [3.8, 4) is 0 Å². The van der Waals surface area contributed by atoms with Crippen molar-refractivity contribution in [2.24, 2.45) is 0 Å². The smallest absolute Gasteiger partial charge is 0.339 e. The van der Waals surface area contributed by atoms with E-state index in [1.807, 2.05) is 6.07 Å². The number of fused-ring (bicyclic) bond motifs is 1. The first-order valence-electron chi connectivity index (χ1n) is 5.93. The van der Waals surface area contributed by atoms with Gasteiger partial charge in [-0.05, 0) is 37.8 Å². The highest BCUT2D eigenvalue weighted by atomic mass is 16.5. The van der Waals surface area contributed by atoms with Gasteiger partial charge >= 0.3 is 5.97 Å². The van der Waals surface area contributed by atoms with Gasteiger partial charge in [0.1, 0.15) is 5.82 Å². The number of aryl methyl sites for hydroxylation is 1. The number of pyridine rings is 1. The molecule has 1 aromatic rings. The van der Waals surface area contributed by atoms with Gasteiger partial charge in [0.05, 0.1) is 12.7 Å². The minimum Gasteiger partial charge on any atom is -0.465 e. The highest BCUT2D eigenvalue weighted by Gasteiger charge is 2.28. The molecule has 92 valence electrons. The minimum atomic E-state index is -0.330. The average molecular weight is 234 g/mol. The van der Waals surface area contributed by atoms with Gasteiger partial charge in [0.25, 0.3) is 0 Å². The van der Waals surface area contributed by atoms with E-state index in [-0.39, 0.29) is 11.5 Å². The highest BCUT2D eigenvalue weighted by Crippen LogP contribution is 2.31. The summed E-state index contributed by atoms with van der Waals surface area (Å²) in [5, 5.41) is 3.44. The second-order valence-electron chi connectivity index (χ2n) is 4.76. The fourth-order valence-electron chi connectivity index (χ4n) is 2.07. The summed E-state index contributed by atoms with van der Waals surface area (Å²) in [5.41, 5.74) is 1.74. The van der Waals surface area contributed by atoms with Crippen LogP contribution in [0.2, 0.25) is 0 Å². The normalized spacial score (nSPS) is 22.5. The van der Waals surface area contributed by atoms with E-state index in [1.165, 1.54) is 7.11 Å². The van der Waals surface area contributed by atoms with E-state index in [4.69, 9.17) is 4.74 Å². The Hall–Kier alpha value is -1.58. The van der Waals surface area contributed by atoms with E-state index in [1.54, 1.807) is 6.20 Å². The quantitative estimate of drug-likeness (QED) is 0.798. The van der Waals surface area contributed by atoms with Crippen LogP contribution < -0.4 is 5.32 Å². The van der Waals surface area contributed by atoms with E-state index < -0.39 is 0 Å². The minimum absolute atomic E-state index is 0.118. The molecule has 1 aliphatic heterocycles. The van der Waals surface area contributed by atoms with Crippen molar-refractivity contribution < 1.29 is 9.53 Å². The molecule has 0 bridgehead atoms. The molecule has 0 fully saturated rings. The largest absolute Gasteiger partial charge is 0.465 e. The van der Waals surface area contributed by atoms with Crippen LogP contribution in [0.1, 0.15) is 42.6 Å². The Kier molecular flexibility index (Phi) is 3.05. The van der Waals surface area contributed by atoms with Crippen LogP contribution in [0.3, 0.4) is 0 Å².